The van der Waals surface area contributed by atoms with Gasteiger partial charge in [-0.25, -0.2) is 9.97 Å². The predicted octanol–water partition coefficient (Wildman–Crippen LogP) is 3.35. The average molecular weight is 412 g/mol. The zero-order chi connectivity index (χ0) is 19.9. The maximum atomic E-state index is 13.4. The highest BCUT2D eigenvalue weighted by Gasteiger charge is 2.44. The number of nitrogens with zero attached hydrogens (tertiary/aromatic N) is 2. The lowest BCUT2D eigenvalue weighted by molar-refractivity contribution is -0.151. The van der Waals surface area contributed by atoms with Crippen LogP contribution in [0.3, 0.4) is 0 Å². The Morgan fingerprint density at radius 1 is 1.25 bits per heavy atom. The van der Waals surface area contributed by atoms with E-state index in [4.69, 9.17) is 14.2 Å². The van der Waals surface area contributed by atoms with Gasteiger partial charge >= 0.3 is 6.18 Å². The fourth-order valence-electron chi connectivity index (χ4n) is 3.08. The Hall–Kier alpha value is -2.17. The van der Waals surface area contributed by atoms with E-state index in [-0.39, 0.29) is 35.8 Å². The number of ketones is 1. The van der Waals surface area contributed by atoms with Gasteiger partial charge in [-0.15, -0.1) is 0 Å². The van der Waals surface area contributed by atoms with Gasteiger partial charge in [-0.05, 0) is 18.2 Å². The van der Waals surface area contributed by atoms with Gasteiger partial charge in [0.25, 0.3) is 0 Å². The molecule has 0 amide bonds. The van der Waals surface area contributed by atoms with Crippen LogP contribution in [-0.4, -0.2) is 47.1 Å². The minimum absolute atomic E-state index is 0.0810. The molecule has 1 aromatic heterocycles. The monoisotopic (exact) mass is 412 g/mol. The van der Waals surface area contributed by atoms with Gasteiger partial charge in [-0.2, -0.15) is 13.2 Å². The van der Waals surface area contributed by atoms with Crippen molar-refractivity contribution in [1.29, 1.82) is 0 Å². The molecule has 0 radical (unpaired) electrons. The van der Waals surface area contributed by atoms with Crippen LogP contribution in [0.4, 0.5) is 13.2 Å². The molecule has 2 aliphatic heterocycles. The Labute approximate surface area is 162 Å². The Kier molecular flexibility index (Phi) is 5.02. The summed E-state index contributed by atoms with van der Waals surface area (Å²) in [5.41, 5.74) is -0.555. The number of alkyl halides is 3. The summed E-state index contributed by atoms with van der Waals surface area (Å²) < 4.78 is 56.1. The van der Waals surface area contributed by atoms with Crippen molar-refractivity contribution in [2.75, 3.05) is 13.7 Å². The van der Waals surface area contributed by atoms with Crippen LogP contribution >= 0.6 is 11.8 Å². The Morgan fingerprint density at radius 2 is 2.04 bits per heavy atom. The molecule has 4 rings (SSSR count). The number of halogens is 3. The predicted molar refractivity (Wildman–Crippen MR) is 92.9 cm³/mol. The Morgan fingerprint density at radius 3 is 2.79 bits per heavy atom. The summed E-state index contributed by atoms with van der Waals surface area (Å²) in [5.74, 6) is 0.164. The zero-order valence-electron chi connectivity index (χ0n) is 14.6. The smallest absolute Gasteiger partial charge is 0.433 e. The van der Waals surface area contributed by atoms with Crippen LogP contribution in [0.25, 0.3) is 11.3 Å². The molecule has 28 heavy (non-hydrogen) atoms. The molecule has 3 unspecified atom stereocenters. The first kappa shape index (κ1) is 19.2. The number of rotatable bonds is 4. The van der Waals surface area contributed by atoms with E-state index in [0.29, 0.717) is 11.3 Å². The average Bonchev–Trinajstić information content (AvgIpc) is 3.11. The lowest BCUT2D eigenvalue weighted by Crippen LogP contribution is -2.37. The molecule has 2 bridgehead atoms. The molecule has 0 aliphatic carbocycles. The van der Waals surface area contributed by atoms with Crippen LogP contribution in [0.1, 0.15) is 12.1 Å². The number of carbonyl (C=O) groups is 1. The van der Waals surface area contributed by atoms with Crippen molar-refractivity contribution in [1.82, 2.24) is 9.97 Å². The summed E-state index contributed by atoms with van der Waals surface area (Å²) in [5, 5.41) is -0.497. The number of thioether (sulfide) groups is 1. The number of hydrogen-bond donors (Lipinski definition) is 0. The van der Waals surface area contributed by atoms with Gasteiger partial charge in [0.2, 0.25) is 6.29 Å². The Balaban J connectivity index is 1.72. The molecule has 0 saturated carbocycles. The van der Waals surface area contributed by atoms with E-state index >= 15 is 0 Å². The summed E-state index contributed by atoms with van der Waals surface area (Å²) in [6, 6.07) is 7.55. The number of aromatic nitrogens is 2. The summed E-state index contributed by atoms with van der Waals surface area (Å²) >= 11 is 0.991. The Bertz CT molecular complexity index is 909. The van der Waals surface area contributed by atoms with Gasteiger partial charge < -0.3 is 14.2 Å². The molecule has 3 atom stereocenters. The van der Waals surface area contributed by atoms with Crippen LogP contribution in [0, 0.1) is 0 Å². The standard InChI is InChI=1S/C18H15F3N2O4S/c1-25-12-5-3-2-4-9(12)10-6-15(18(19,20)21)23-17(22-10)28-14-7-11(24)16-26-8-13(14)27-16/h2-6,13-14,16H,7-8H2,1H3. The number of ether oxygens (including phenoxy) is 3. The van der Waals surface area contributed by atoms with Gasteiger partial charge in [0.05, 0.1) is 25.5 Å². The minimum atomic E-state index is -4.64. The minimum Gasteiger partial charge on any atom is -0.496 e. The number of carbonyl (C=O) groups excluding carboxylic acids is 1. The molecule has 2 saturated heterocycles. The molecule has 2 aliphatic rings. The second-order valence-electron chi connectivity index (χ2n) is 6.29. The first-order valence-corrected chi connectivity index (χ1v) is 9.29. The largest absolute Gasteiger partial charge is 0.496 e. The van der Waals surface area contributed by atoms with Crippen LogP contribution in [0.5, 0.6) is 5.75 Å². The van der Waals surface area contributed by atoms with Gasteiger partial charge in [0.1, 0.15) is 11.4 Å². The highest BCUT2D eigenvalue weighted by molar-refractivity contribution is 7.99. The third kappa shape index (κ3) is 3.71. The zero-order valence-corrected chi connectivity index (χ0v) is 15.4. The van der Waals surface area contributed by atoms with Crippen molar-refractivity contribution in [3.63, 3.8) is 0 Å². The topological polar surface area (TPSA) is 70.5 Å². The van der Waals surface area contributed by atoms with Crippen molar-refractivity contribution >= 4 is 17.5 Å². The second kappa shape index (κ2) is 7.34. The quantitative estimate of drug-likeness (QED) is 0.714. The summed E-state index contributed by atoms with van der Waals surface area (Å²) in [4.78, 5) is 19.9. The lowest BCUT2D eigenvalue weighted by Gasteiger charge is -2.25. The van der Waals surface area contributed by atoms with Crippen molar-refractivity contribution in [2.45, 2.75) is 35.4 Å². The normalized spacial score (nSPS) is 24.4. The molecule has 2 fully saturated rings. The van der Waals surface area contributed by atoms with E-state index in [2.05, 4.69) is 9.97 Å². The third-order valence-electron chi connectivity index (χ3n) is 4.43. The number of Topliss-reactive ketones (excluding diaryl/α,β-unsaturated/α-hetero) is 1. The van der Waals surface area contributed by atoms with E-state index < -0.39 is 23.4 Å². The molecule has 6 nitrogen and oxygen atoms in total. The fraction of sp³-hybridized carbons (Fsp3) is 0.389. The maximum Gasteiger partial charge on any atom is 0.433 e. The molecular weight excluding hydrogens is 397 g/mol. The van der Waals surface area contributed by atoms with Gasteiger partial charge in [0, 0.05) is 17.2 Å². The summed E-state index contributed by atoms with van der Waals surface area (Å²) in [6.07, 6.45) is -5.77. The van der Waals surface area contributed by atoms with E-state index in [1.54, 1.807) is 24.3 Å². The molecule has 2 aromatic rings. The highest BCUT2D eigenvalue weighted by Crippen LogP contribution is 2.39. The summed E-state index contributed by atoms with van der Waals surface area (Å²) in [7, 11) is 1.43. The van der Waals surface area contributed by atoms with Crippen molar-refractivity contribution in [2.24, 2.45) is 0 Å². The number of fused-ring (bicyclic) bond motifs is 2. The maximum absolute atomic E-state index is 13.4. The van der Waals surface area contributed by atoms with Gasteiger partial charge in [0.15, 0.2) is 10.9 Å². The van der Waals surface area contributed by atoms with Crippen molar-refractivity contribution in [3.8, 4) is 17.0 Å². The van der Waals surface area contributed by atoms with E-state index in [0.717, 1.165) is 17.8 Å². The first-order chi connectivity index (χ1) is 13.3. The molecule has 10 heteroatoms. The van der Waals surface area contributed by atoms with Gasteiger partial charge in [-0.1, -0.05) is 23.9 Å². The van der Waals surface area contributed by atoms with E-state index in [1.807, 2.05) is 0 Å². The van der Waals surface area contributed by atoms with Crippen LogP contribution in [0.15, 0.2) is 35.5 Å². The van der Waals surface area contributed by atoms with E-state index in [1.165, 1.54) is 7.11 Å². The van der Waals surface area contributed by atoms with Crippen LogP contribution in [0.2, 0.25) is 0 Å². The van der Waals surface area contributed by atoms with Crippen LogP contribution in [-0.2, 0) is 20.4 Å². The lowest BCUT2D eigenvalue weighted by atomic mass is 10.1. The van der Waals surface area contributed by atoms with Gasteiger partial charge in [-0.3, -0.25) is 4.79 Å². The molecule has 1 aromatic carbocycles. The SMILES string of the molecule is COc1ccccc1-c1cc(C(F)(F)F)nc(SC2CC(=O)C3OCC2O3)n1. The molecule has 0 N–H and O–H groups in total. The summed E-state index contributed by atoms with van der Waals surface area (Å²) in [6.45, 7) is 0.215. The third-order valence-corrected chi connectivity index (χ3v) is 5.59. The number of hydrogen-bond acceptors (Lipinski definition) is 7. The molecule has 0 spiro atoms. The second-order valence-corrected chi connectivity index (χ2v) is 7.49. The fourth-order valence-corrected chi connectivity index (χ4v) is 4.19. The number of benzene rings is 1. The van der Waals surface area contributed by atoms with Crippen LogP contribution < -0.4 is 4.74 Å². The number of para-hydroxylation sites is 1. The molecule has 148 valence electrons. The van der Waals surface area contributed by atoms with E-state index in [9.17, 15) is 18.0 Å². The highest BCUT2D eigenvalue weighted by atomic mass is 32.2. The van der Waals surface area contributed by atoms with Crippen molar-refractivity contribution < 1.29 is 32.2 Å². The van der Waals surface area contributed by atoms with Crippen molar-refractivity contribution in [3.05, 3.63) is 36.0 Å². The molecule has 3 heterocycles. The first-order valence-electron chi connectivity index (χ1n) is 8.41. The number of methoxy groups -OCH3 is 1. The molecular formula is C18H15F3N2O4S.